The first-order chi connectivity index (χ1) is 11.5. The van der Waals surface area contributed by atoms with Crippen LogP contribution in [0.25, 0.3) is 10.9 Å². The third-order valence-electron chi connectivity index (χ3n) is 3.39. The number of hydrogen-bond acceptors (Lipinski definition) is 6. The highest BCUT2D eigenvalue weighted by Gasteiger charge is 2.17. The summed E-state index contributed by atoms with van der Waals surface area (Å²) in [6.45, 7) is 3.48. The van der Waals surface area contributed by atoms with E-state index in [1.165, 1.54) is 25.6 Å². The molecular weight excluding hydrogens is 335 g/mol. The second-order valence-corrected chi connectivity index (χ2v) is 5.18. The van der Waals surface area contributed by atoms with Crippen LogP contribution in [0.2, 0.25) is 5.02 Å². The van der Waals surface area contributed by atoms with Crippen molar-refractivity contribution >= 4 is 46.4 Å². The summed E-state index contributed by atoms with van der Waals surface area (Å²) in [4.78, 5) is 12.2. The van der Waals surface area contributed by atoms with Crippen molar-refractivity contribution in [1.29, 1.82) is 0 Å². The van der Waals surface area contributed by atoms with E-state index in [1.807, 2.05) is 0 Å². The molecular formula is C16H12ClFN4O2. The van der Waals surface area contributed by atoms with Gasteiger partial charge in [-0.1, -0.05) is 11.6 Å². The van der Waals surface area contributed by atoms with Gasteiger partial charge in [-0.15, -0.1) is 0 Å². The molecule has 2 aromatic carbocycles. The molecule has 0 spiro atoms. The number of nitrogens with zero attached hydrogens (tertiary/aromatic N) is 3. The van der Waals surface area contributed by atoms with Crippen LogP contribution in [0.3, 0.4) is 0 Å². The first-order valence-corrected chi connectivity index (χ1v) is 7.16. The molecule has 0 aliphatic carbocycles. The lowest BCUT2D eigenvalue weighted by atomic mass is 10.2. The Balaban J connectivity index is 2.20. The molecule has 0 unspecified atom stereocenters. The normalized spacial score (nSPS) is 10.6. The maximum Gasteiger partial charge on any atom is 0.163 e. The summed E-state index contributed by atoms with van der Waals surface area (Å²) in [5.41, 5.74) is 1.24. The number of rotatable bonds is 4. The third-order valence-corrected chi connectivity index (χ3v) is 3.75. The molecule has 8 heteroatoms. The zero-order chi connectivity index (χ0) is 17.3. The van der Waals surface area contributed by atoms with Crippen LogP contribution in [-0.2, 0) is 0 Å². The molecule has 6 nitrogen and oxygen atoms in total. The highest BCUT2D eigenvalue weighted by atomic mass is 35.5. The quantitative estimate of drug-likeness (QED) is 0.546. The van der Waals surface area contributed by atoms with E-state index in [1.54, 1.807) is 6.07 Å². The Morgan fingerprint density at radius 1 is 1.33 bits per heavy atom. The Hall–Kier alpha value is -2.93. The number of phenolic OH excluding ortho intramolecular Hbond substituents is 1. The van der Waals surface area contributed by atoms with Crippen LogP contribution < -0.4 is 10.1 Å². The summed E-state index contributed by atoms with van der Waals surface area (Å²) in [6, 6.07) is 5.26. The van der Waals surface area contributed by atoms with Gasteiger partial charge in [0, 0.05) is 6.07 Å². The summed E-state index contributed by atoms with van der Waals surface area (Å²) >= 11 is 6.41. The number of methoxy groups -OCH3 is 1. The van der Waals surface area contributed by atoms with Crippen LogP contribution in [0.15, 0.2) is 35.6 Å². The lowest BCUT2D eigenvalue weighted by Gasteiger charge is -2.13. The van der Waals surface area contributed by atoms with Crippen molar-refractivity contribution in [2.45, 2.75) is 0 Å². The Labute approximate surface area is 141 Å². The third kappa shape index (κ3) is 2.69. The van der Waals surface area contributed by atoms with Gasteiger partial charge in [0.15, 0.2) is 5.75 Å². The summed E-state index contributed by atoms with van der Waals surface area (Å²) in [5, 5.41) is 13.5. The van der Waals surface area contributed by atoms with Crippen LogP contribution in [-0.4, -0.2) is 28.9 Å². The first-order valence-electron chi connectivity index (χ1n) is 6.78. The van der Waals surface area contributed by atoms with Crippen molar-refractivity contribution < 1.29 is 14.2 Å². The Kier molecular flexibility index (Phi) is 4.18. The highest BCUT2D eigenvalue weighted by molar-refractivity contribution is 6.38. The van der Waals surface area contributed by atoms with E-state index in [4.69, 9.17) is 16.3 Å². The van der Waals surface area contributed by atoms with Gasteiger partial charge in [-0.2, -0.15) is 0 Å². The van der Waals surface area contributed by atoms with Gasteiger partial charge in [0.05, 0.1) is 28.7 Å². The Bertz CT molecular complexity index is 949. The van der Waals surface area contributed by atoms with Gasteiger partial charge in [-0.3, -0.25) is 4.99 Å². The monoisotopic (exact) mass is 346 g/mol. The molecule has 0 bridgehead atoms. The molecule has 1 aromatic heterocycles. The van der Waals surface area contributed by atoms with Gasteiger partial charge >= 0.3 is 0 Å². The lowest BCUT2D eigenvalue weighted by Crippen LogP contribution is -1.98. The number of anilines is 2. The molecule has 3 rings (SSSR count). The van der Waals surface area contributed by atoms with Crippen LogP contribution in [0.1, 0.15) is 0 Å². The van der Waals surface area contributed by atoms with Crippen molar-refractivity contribution in [2.75, 3.05) is 12.4 Å². The second kappa shape index (κ2) is 6.29. The SMILES string of the molecule is C=Nc1cc2ncnc(Nc3ccc(F)cc3O)c2c(Cl)c1OC. The van der Waals surface area contributed by atoms with E-state index in [0.717, 1.165) is 6.07 Å². The minimum atomic E-state index is -0.549. The van der Waals surface area contributed by atoms with Crippen molar-refractivity contribution in [2.24, 2.45) is 4.99 Å². The number of fused-ring (bicyclic) bond motifs is 1. The molecule has 2 N–H and O–H groups in total. The maximum atomic E-state index is 13.1. The maximum absolute atomic E-state index is 13.1. The lowest BCUT2D eigenvalue weighted by molar-refractivity contribution is 0.417. The van der Waals surface area contributed by atoms with Crippen molar-refractivity contribution in [3.05, 3.63) is 41.4 Å². The molecule has 0 radical (unpaired) electrons. The fraction of sp³-hybridized carbons (Fsp3) is 0.0625. The predicted octanol–water partition coefficient (Wildman–Crippen LogP) is 4.21. The average Bonchev–Trinajstić information content (AvgIpc) is 2.57. The van der Waals surface area contributed by atoms with E-state index in [0.29, 0.717) is 28.2 Å². The van der Waals surface area contributed by atoms with Gasteiger partial charge in [0.25, 0.3) is 0 Å². The fourth-order valence-electron chi connectivity index (χ4n) is 2.29. The Morgan fingerprint density at radius 3 is 2.79 bits per heavy atom. The number of aromatic hydroxyl groups is 1. The standard InChI is InChI=1S/C16H12ClFN4O2/c1-19-11-6-10-13(14(17)15(11)24-2)16(21-7-20-10)22-9-4-3-8(18)5-12(9)23/h3-7,23H,1H2,2H3,(H,20,21,22). The number of phenols is 1. The number of aromatic nitrogens is 2. The van der Waals surface area contributed by atoms with E-state index in [2.05, 4.69) is 27.0 Å². The molecule has 0 fully saturated rings. The van der Waals surface area contributed by atoms with Crippen LogP contribution in [0.5, 0.6) is 11.5 Å². The molecule has 0 aliphatic heterocycles. The Morgan fingerprint density at radius 2 is 2.12 bits per heavy atom. The molecule has 0 amide bonds. The highest BCUT2D eigenvalue weighted by Crippen LogP contribution is 2.43. The van der Waals surface area contributed by atoms with Gasteiger partial charge in [0.1, 0.15) is 29.4 Å². The first kappa shape index (κ1) is 15.9. The molecule has 0 aliphatic rings. The van der Waals surface area contributed by atoms with Crippen LogP contribution >= 0.6 is 11.6 Å². The van der Waals surface area contributed by atoms with Gasteiger partial charge < -0.3 is 15.2 Å². The zero-order valence-corrected chi connectivity index (χ0v) is 13.3. The molecule has 0 saturated carbocycles. The average molecular weight is 347 g/mol. The number of halogens is 2. The number of ether oxygens (including phenoxy) is 1. The van der Waals surface area contributed by atoms with Crippen molar-refractivity contribution in [3.63, 3.8) is 0 Å². The van der Waals surface area contributed by atoms with Crippen LogP contribution in [0.4, 0.5) is 21.6 Å². The van der Waals surface area contributed by atoms with Gasteiger partial charge in [-0.05, 0) is 24.9 Å². The van der Waals surface area contributed by atoms with E-state index in [9.17, 15) is 9.50 Å². The van der Waals surface area contributed by atoms with Crippen molar-refractivity contribution in [1.82, 2.24) is 9.97 Å². The van der Waals surface area contributed by atoms with Gasteiger partial charge in [0.2, 0.25) is 0 Å². The fourth-order valence-corrected chi connectivity index (χ4v) is 2.65. The van der Waals surface area contributed by atoms with Crippen molar-refractivity contribution in [3.8, 4) is 11.5 Å². The molecule has 122 valence electrons. The zero-order valence-electron chi connectivity index (χ0n) is 12.5. The molecule has 24 heavy (non-hydrogen) atoms. The summed E-state index contributed by atoms with van der Waals surface area (Å²) in [6.07, 6.45) is 1.33. The second-order valence-electron chi connectivity index (χ2n) is 4.80. The molecule has 0 atom stereocenters. The summed E-state index contributed by atoms with van der Waals surface area (Å²) in [5.74, 6) is -0.137. The van der Waals surface area contributed by atoms with Crippen LogP contribution in [0, 0.1) is 5.82 Å². The van der Waals surface area contributed by atoms with E-state index >= 15 is 0 Å². The van der Waals surface area contributed by atoms with Gasteiger partial charge in [-0.25, -0.2) is 14.4 Å². The van der Waals surface area contributed by atoms with E-state index < -0.39 is 5.82 Å². The summed E-state index contributed by atoms with van der Waals surface area (Å²) in [7, 11) is 1.46. The number of hydrogen-bond donors (Lipinski definition) is 2. The van der Waals surface area contributed by atoms with E-state index in [-0.39, 0.29) is 16.5 Å². The minimum Gasteiger partial charge on any atom is -0.506 e. The largest absolute Gasteiger partial charge is 0.506 e. The smallest absolute Gasteiger partial charge is 0.163 e. The number of aliphatic imine (C=N–C) groups is 1. The topological polar surface area (TPSA) is 79.6 Å². The minimum absolute atomic E-state index is 0.252. The number of nitrogens with one attached hydrogen (secondary N) is 1. The molecule has 1 heterocycles. The predicted molar refractivity (Wildman–Crippen MR) is 91.7 cm³/mol. The number of benzene rings is 2. The summed E-state index contributed by atoms with van der Waals surface area (Å²) < 4.78 is 18.4. The molecule has 0 saturated heterocycles. The molecule has 3 aromatic rings.